The molecule has 0 saturated carbocycles. The van der Waals surface area contributed by atoms with Crippen molar-refractivity contribution in [3.8, 4) is 0 Å². The van der Waals surface area contributed by atoms with Crippen molar-refractivity contribution in [3.05, 3.63) is 22.8 Å². The van der Waals surface area contributed by atoms with Gasteiger partial charge in [-0.15, -0.1) is 0 Å². The van der Waals surface area contributed by atoms with Crippen LogP contribution in [0.25, 0.3) is 0 Å². The molecule has 1 aromatic heterocycles. The molecule has 1 aromatic rings. The van der Waals surface area contributed by atoms with Crippen LogP contribution in [0.4, 0.5) is 0 Å². The number of nitrogens with zero attached hydrogens (tertiary/aromatic N) is 2. The highest BCUT2D eigenvalue weighted by atomic mass is 127. The zero-order valence-corrected chi connectivity index (χ0v) is 9.14. The molecule has 1 rings (SSSR count). The Morgan fingerprint density at radius 2 is 1.55 bits per heavy atom. The van der Waals surface area contributed by atoms with Crippen molar-refractivity contribution in [1.29, 1.82) is 0 Å². The predicted molar refractivity (Wildman–Crippen MR) is 54.0 cm³/mol. The van der Waals surface area contributed by atoms with Gasteiger partial charge in [0.25, 0.3) is 0 Å². The molecule has 0 aliphatic heterocycles. The molecule has 0 N–H and O–H groups in total. The molecule has 60 valence electrons. The van der Waals surface area contributed by atoms with Crippen molar-refractivity contribution < 1.29 is 0 Å². The van der Waals surface area contributed by atoms with Gasteiger partial charge in [-0.25, -0.2) is 0 Å². The van der Waals surface area contributed by atoms with Crippen LogP contribution in [0.5, 0.6) is 0 Å². The number of aryl methyl sites for hydroxylation is 3. The molecule has 0 saturated heterocycles. The number of hydrogen-bond acceptors (Lipinski definition) is 2. The first-order valence-electron chi connectivity index (χ1n) is 3.52. The van der Waals surface area contributed by atoms with Crippen LogP contribution in [0.2, 0.25) is 0 Å². The second kappa shape index (κ2) is 3.47. The fraction of sp³-hybridized carbons (Fsp3) is 0.500. The van der Waals surface area contributed by atoms with E-state index in [4.69, 9.17) is 0 Å². The van der Waals surface area contributed by atoms with Crippen molar-refractivity contribution in [2.75, 3.05) is 0 Å². The van der Waals surface area contributed by atoms with E-state index in [2.05, 4.69) is 32.6 Å². The van der Waals surface area contributed by atoms with E-state index in [1.54, 1.807) is 0 Å². The van der Waals surface area contributed by atoms with E-state index in [0.29, 0.717) is 0 Å². The first-order chi connectivity index (χ1) is 5.15. The number of hydrogen-bond donors (Lipinski definition) is 0. The Morgan fingerprint density at radius 3 is 2.09 bits per heavy atom. The Labute approximate surface area is 80.6 Å². The van der Waals surface area contributed by atoms with Crippen molar-refractivity contribution >= 4 is 22.6 Å². The van der Waals surface area contributed by atoms with Crippen molar-refractivity contribution in [3.63, 3.8) is 0 Å². The quantitative estimate of drug-likeness (QED) is 0.573. The molecule has 0 amide bonds. The lowest BCUT2D eigenvalue weighted by molar-refractivity contribution is 0.956. The first kappa shape index (κ1) is 8.90. The van der Waals surface area contributed by atoms with Crippen molar-refractivity contribution in [2.24, 2.45) is 0 Å². The van der Waals surface area contributed by atoms with E-state index in [-0.39, 0.29) is 0 Å². The van der Waals surface area contributed by atoms with Gasteiger partial charge < -0.3 is 0 Å². The van der Waals surface area contributed by atoms with Gasteiger partial charge in [0, 0.05) is 4.43 Å². The van der Waals surface area contributed by atoms with Gasteiger partial charge in [-0.2, -0.15) is 0 Å². The van der Waals surface area contributed by atoms with Crippen molar-refractivity contribution in [2.45, 2.75) is 25.2 Å². The molecule has 0 aliphatic rings. The molecule has 0 atom stereocenters. The number of halogens is 1. The highest BCUT2D eigenvalue weighted by Crippen LogP contribution is 2.09. The third kappa shape index (κ3) is 1.89. The highest BCUT2D eigenvalue weighted by molar-refractivity contribution is 14.1. The second-order valence-corrected chi connectivity index (χ2v) is 3.32. The molecule has 0 radical (unpaired) electrons. The topological polar surface area (TPSA) is 25.8 Å². The van der Waals surface area contributed by atoms with Crippen molar-refractivity contribution in [1.82, 2.24) is 9.97 Å². The summed E-state index contributed by atoms with van der Waals surface area (Å²) < 4.78 is 0.942. The first-order valence-corrected chi connectivity index (χ1v) is 5.04. The predicted octanol–water partition coefficient (Wildman–Crippen LogP) is 2.34. The SMILES string of the molecule is Cc1nc(C)c(CI)nc1C. The zero-order chi connectivity index (χ0) is 8.43. The highest BCUT2D eigenvalue weighted by Gasteiger charge is 2.02. The molecule has 0 spiro atoms. The van der Waals surface area contributed by atoms with Crippen LogP contribution >= 0.6 is 22.6 Å². The standard InChI is InChI=1S/C8H11IN2/c1-5-6(2)11-8(4-9)7(3)10-5/h4H2,1-3H3. The maximum Gasteiger partial charge on any atom is 0.0716 e. The van der Waals surface area contributed by atoms with Gasteiger partial charge in [0.15, 0.2) is 0 Å². The van der Waals surface area contributed by atoms with Gasteiger partial charge >= 0.3 is 0 Å². The summed E-state index contributed by atoms with van der Waals surface area (Å²) in [6, 6.07) is 0. The van der Waals surface area contributed by atoms with Gasteiger partial charge in [-0.05, 0) is 20.8 Å². The molecule has 0 unspecified atom stereocenters. The molecule has 1 heterocycles. The second-order valence-electron chi connectivity index (χ2n) is 2.56. The minimum atomic E-state index is 0.942. The number of rotatable bonds is 1. The summed E-state index contributed by atoms with van der Waals surface area (Å²) in [5.41, 5.74) is 4.24. The van der Waals surface area contributed by atoms with Gasteiger partial charge in [0.1, 0.15) is 0 Å². The van der Waals surface area contributed by atoms with E-state index in [9.17, 15) is 0 Å². The average Bonchev–Trinajstić information content (AvgIpc) is 1.97. The maximum absolute atomic E-state index is 4.42. The van der Waals surface area contributed by atoms with E-state index >= 15 is 0 Å². The Hall–Kier alpha value is -0.190. The fourth-order valence-electron chi connectivity index (χ4n) is 0.888. The Morgan fingerprint density at radius 1 is 1.00 bits per heavy atom. The molecular weight excluding hydrogens is 251 g/mol. The van der Waals surface area contributed by atoms with E-state index in [1.165, 1.54) is 0 Å². The molecule has 11 heavy (non-hydrogen) atoms. The van der Waals surface area contributed by atoms with E-state index in [1.807, 2.05) is 20.8 Å². The maximum atomic E-state index is 4.42. The lowest BCUT2D eigenvalue weighted by Gasteiger charge is -2.03. The van der Waals surface area contributed by atoms with Crippen LogP contribution in [0.3, 0.4) is 0 Å². The summed E-state index contributed by atoms with van der Waals surface area (Å²) in [7, 11) is 0. The third-order valence-electron chi connectivity index (χ3n) is 1.71. The molecule has 0 aliphatic carbocycles. The summed E-state index contributed by atoms with van der Waals surface area (Å²) in [5, 5.41) is 0. The van der Waals surface area contributed by atoms with Crippen LogP contribution in [0, 0.1) is 20.8 Å². The monoisotopic (exact) mass is 262 g/mol. The summed E-state index contributed by atoms with van der Waals surface area (Å²) >= 11 is 2.30. The largest absolute Gasteiger partial charge is 0.255 e. The van der Waals surface area contributed by atoms with Gasteiger partial charge in [0.2, 0.25) is 0 Å². The van der Waals surface area contributed by atoms with Crippen LogP contribution in [-0.2, 0) is 4.43 Å². The van der Waals surface area contributed by atoms with E-state index in [0.717, 1.165) is 27.2 Å². The lowest BCUT2D eigenvalue weighted by atomic mass is 10.3. The average molecular weight is 262 g/mol. The van der Waals surface area contributed by atoms with Gasteiger partial charge in [0.05, 0.1) is 22.8 Å². The van der Waals surface area contributed by atoms with Gasteiger partial charge in [-0.3, -0.25) is 9.97 Å². The summed E-state index contributed by atoms with van der Waals surface area (Å²) in [5.74, 6) is 0. The fourth-order valence-corrected chi connectivity index (χ4v) is 1.61. The third-order valence-corrected chi connectivity index (χ3v) is 2.43. The number of aromatic nitrogens is 2. The normalized spacial score (nSPS) is 10.2. The molecule has 2 nitrogen and oxygen atoms in total. The minimum Gasteiger partial charge on any atom is -0.255 e. The lowest BCUT2D eigenvalue weighted by Crippen LogP contribution is -2.00. The Bertz CT molecular complexity index is 271. The Balaban J connectivity index is 3.21. The number of alkyl halides is 1. The zero-order valence-electron chi connectivity index (χ0n) is 6.98. The summed E-state index contributed by atoms with van der Waals surface area (Å²) in [6.07, 6.45) is 0. The molecule has 3 heteroatoms. The van der Waals surface area contributed by atoms with Crippen LogP contribution in [0.1, 0.15) is 22.8 Å². The van der Waals surface area contributed by atoms with E-state index < -0.39 is 0 Å². The molecule has 0 fully saturated rings. The summed E-state index contributed by atoms with van der Waals surface area (Å²) in [6.45, 7) is 6.00. The van der Waals surface area contributed by atoms with Crippen LogP contribution in [-0.4, -0.2) is 9.97 Å². The molecular formula is C8H11IN2. The van der Waals surface area contributed by atoms with Crippen LogP contribution < -0.4 is 0 Å². The molecule has 0 bridgehead atoms. The Kier molecular flexibility index (Phi) is 2.81. The minimum absolute atomic E-state index is 0.942. The molecule has 0 aromatic carbocycles. The van der Waals surface area contributed by atoms with Gasteiger partial charge in [-0.1, -0.05) is 22.6 Å². The summed E-state index contributed by atoms with van der Waals surface area (Å²) in [4.78, 5) is 8.80. The smallest absolute Gasteiger partial charge is 0.0716 e. The van der Waals surface area contributed by atoms with Crippen LogP contribution in [0.15, 0.2) is 0 Å².